The maximum atomic E-state index is 12.6. The molecule has 0 aromatic heterocycles. The van der Waals surface area contributed by atoms with Crippen molar-refractivity contribution in [1.29, 1.82) is 0 Å². The number of carbonyl (C=O) groups excluding carboxylic acids is 1. The molecular formula is C17H26N2O2. The second-order valence-electron chi connectivity index (χ2n) is 5.51. The average Bonchev–Trinajstić information content (AvgIpc) is 2.54. The van der Waals surface area contributed by atoms with Gasteiger partial charge in [-0.1, -0.05) is 0 Å². The highest BCUT2D eigenvalue weighted by Gasteiger charge is 2.20. The fourth-order valence-corrected chi connectivity index (χ4v) is 2.79. The molecule has 4 nitrogen and oxygen atoms in total. The molecular weight excluding hydrogens is 264 g/mol. The number of benzene rings is 1. The molecule has 0 bridgehead atoms. The third-order valence-corrected chi connectivity index (χ3v) is 3.96. The van der Waals surface area contributed by atoms with Crippen LogP contribution in [0.3, 0.4) is 0 Å². The number of nitrogens with zero attached hydrogens (tertiary/aromatic N) is 1. The number of ether oxygens (including phenoxy) is 1. The van der Waals surface area contributed by atoms with Crippen LogP contribution in [0.1, 0.15) is 37.0 Å². The van der Waals surface area contributed by atoms with E-state index in [0.717, 1.165) is 37.5 Å². The topological polar surface area (TPSA) is 41.6 Å². The molecule has 2 rings (SSSR count). The summed E-state index contributed by atoms with van der Waals surface area (Å²) in [7, 11) is 0. The molecule has 1 heterocycles. The molecule has 1 amide bonds. The first-order valence-electron chi connectivity index (χ1n) is 7.97. The molecule has 1 aliphatic rings. The Bertz CT molecular complexity index is 439. The van der Waals surface area contributed by atoms with Crippen LogP contribution in [-0.2, 0) is 0 Å². The normalized spacial score (nSPS) is 18.3. The van der Waals surface area contributed by atoms with Gasteiger partial charge in [0, 0.05) is 18.7 Å². The summed E-state index contributed by atoms with van der Waals surface area (Å²) in [5.41, 5.74) is 0.740. The molecule has 116 valence electrons. The zero-order chi connectivity index (χ0) is 15.1. The smallest absolute Gasteiger partial charge is 0.253 e. The van der Waals surface area contributed by atoms with Gasteiger partial charge in [-0.15, -0.1) is 0 Å². The Morgan fingerprint density at radius 1 is 1.33 bits per heavy atom. The number of hydrogen-bond donors (Lipinski definition) is 1. The average molecular weight is 290 g/mol. The van der Waals surface area contributed by atoms with Crippen molar-refractivity contribution in [3.05, 3.63) is 29.8 Å². The summed E-state index contributed by atoms with van der Waals surface area (Å²) in [6, 6.07) is 7.45. The Kier molecular flexibility index (Phi) is 6.05. The molecule has 1 aromatic rings. The third kappa shape index (κ3) is 4.46. The van der Waals surface area contributed by atoms with Crippen LogP contribution in [-0.4, -0.2) is 43.6 Å². The molecule has 0 aliphatic carbocycles. The van der Waals surface area contributed by atoms with E-state index in [0.29, 0.717) is 12.5 Å². The summed E-state index contributed by atoms with van der Waals surface area (Å²) >= 11 is 0. The molecule has 0 saturated carbocycles. The lowest BCUT2D eigenvalue weighted by atomic mass is 9.98. The van der Waals surface area contributed by atoms with E-state index in [9.17, 15) is 4.79 Å². The van der Waals surface area contributed by atoms with E-state index in [-0.39, 0.29) is 5.91 Å². The van der Waals surface area contributed by atoms with Gasteiger partial charge < -0.3 is 15.0 Å². The molecule has 1 unspecified atom stereocenters. The fraction of sp³-hybridized carbons (Fsp3) is 0.588. The Labute approximate surface area is 127 Å². The predicted molar refractivity (Wildman–Crippen MR) is 84.8 cm³/mol. The van der Waals surface area contributed by atoms with Gasteiger partial charge in [0.1, 0.15) is 5.75 Å². The fourth-order valence-electron chi connectivity index (χ4n) is 2.79. The quantitative estimate of drug-likeness (QED) is 0.875. The number of hydrogen-bond acceptors (Lipinski definition) is 3. The van der Waals surface area contributed by atoms with Gasteiger partial charge in [-0.25, -0.2) is 0 Å². The van der Waals surface area contributed by atoms with E-state index < -0.39 is 0 Å². The van der Waals surface area contributed by atoms with Gasteiger partial charge in [-0.3, -0.25) is 4.79 Å². The number of nitrogens with one attached hydrogen (secondary N) is 1. The SMILES string of the molecule is CCOc1ccc(C(=O)N(CC)CC2CCCNC2)cc1. The minimum atomic E-state index is 0.117. The van der Waals surface area contributed by atoms with Crippen molar-refractivity contribution < 1.29 is 9.53 Å². The Balaban J connectivity index is 1.97. The lowest BCUT2D eigenvalue weighted by molar-refractivity contribution is 0.0729. The highest BCUT2D eigenvalue weighted by Crippen LogP contribution is 2.16. The van der Waals surface area contributed by atoms with Gasteiger partial charge >= 0.3 is 0 Å². The molecule has 0 radical (unpaired) electrons. The molecule has 1 fully saturated rings. The lowest BCUT2D eigenvalue weighted by Gasteiger charge is -2.29. The van der Waals surface area contributed by atoms with E-state index in [1.165, 1.54) is 12.8 Å². The van der Waals surface area contributed by atoms with Crippen molar-refractivity contribution >= 4 is 5.91 Å². The van der Waals surface area contributed by atoms with Crippen LogP contribution < -0.4 is 10.1 Å². The van der Waals surface area contributed by atoms with Gasteiger partial charge in [0.25, 0.3) is 5.91 Å². The number of rotatable bonds is 6. The van der Waals surface area contributed by atoms with Gasteiger partial charge in [-0.2, -0.15) is 0 Å². The summed E-state index contributed by atoms with van der Waals surface area (Å²) in [5.74, 6) is 1.50. The van der Waals surface area contributed by atoms with E-state index in [1.807, 2.05) is 43.0 Å². The zero-order valence-electron chi connectivity index (χ0n) is 13.1. The van der Waals surface area contributed by atoms with Gasteiger partial charge in [-0.05, 0) is 70.0 Å². The summed E-state index contributed by atoms with van der Waals surface area (Å²) in [6.07, 6.45) is 2.42. The maximum absolute atomic E-state index is 12.6. The first-order valence-corrected chi connectivity index (χ1v) is 7.97. The monoisotopic (exact) mass is 290 g/mol. The van der Waals surface area contributed by atoms with Crippen molar-refractivity contribution in [3.8, 4) is 5.75 Å². The van der Waals surface area contributed by atoms with E-state index in [1.54, 1.807) is 0 Å². The second-order valence-corrected chi connectivity index (χ2v) is 5.51. The molecule has 0 spiro atoms. The van der Waals surface area contributed by atoms with Crippen molar-refractivity contribution in [2.75, 3.05) is 32.8 Å². The second kappa shape index (κ2) is 8.03. The van der Waals surface area contributed by atoms with Crippen LogP contribution >= 0.6 is 0 Å². The third-order valence-electron chi connectivity index (χ3n) is 3.96. The highest BCUT2D eigenvalue weighted by atomic mass is 16.5. The zero-order valence-corrected chi connectivity index (χ0v) is 13.1. The predicted octanol–water partition coefficient (Wildman–Crippen LogP) is 2.55. The van der Waals surface area contributed by atoms with Crippen LogP contribution in [0.4, 0.5) is 0 Å². The van der Waals surface area contributed by atoms with E-state index in [4.69, 9.17) is 4.74 Å². The Morgan fingerprint density at radius 2 is 2.10 bits per heavy atom. The Morgan fingerprint density at radius 3 is 2.67 bits per heavy atom. The van der Waals surface area contributed by atoms with E-state index in [2.05, 4.69) is 5.32 Å². The number of carbonyl (C=O) groups is 1. The first kappa shape index (κ1) is 15.8. The largest absolute Gasteiger partial charge is 0.494 e. The maximum Gasteiger partial charge on any atom is 0.253 e. The van der Waals surface area contributed by atoms with Crippen LogP contribution in [0.25, 0.3) is 0 Å². The van der Waals surface area contributed by atoms with Crippen molar-refractivity contribution in [2.45, 2.75) is 26.7 Å². The lowest BCUT2D eigenvalue weighted by Crippen LogP contribution is -2.41. The molecule has 21 heavy (non-hydrogen) atoms. The van der Waals surface area contributed by atoms with Gasteiger partial charge in [0.2, 0.25) is 0 Å². The molecule has 1 saturated heterocycles. The summed E-state index contributed by atoms with van der Waals surface area (Å²) < 4.78 is 5.42. The van der Waals surface area contributed by atoms with Gasteiger partial charge in [0.05, 0.1) is 6.61 Å². The Hall–Kier alpha value is -1.55. The minimum absolute atomic E-state index is 0.117. The van der Waals surface area contributed by atoms with Gasteiger partial charge in [0.15, 0.2) is 0 Å². The van der Waals surface area contributed by atoms with Crippen molar-refractivity contribution in [1.82, 2.24) is 10.2 Å². The van der Waals surface area contributed by atoms with Crippen LogP contribution in [0.2, 0.25) is 0 Å². The number of amides is 1. The van der Waals surface area contributed by atoms with Crippen LogP contribution in [0.5, 0.6) is 5.75 Å². The number of piperidine rings is 1. The summed E-state index contributed by atoms with van der Waals surface area (Å²) in [4.78, 5) is 14.5. The molecule has 1 aliphatic heterocycles. The molecule has 4 heteroatoms. The molecule has 1 aromatic carbocycles. The van der Waals surface area contributed by atoms with Crippen LogP contribution in [0, 0.1) is 5.92 Å². The van der Waals surface area contributed by atoms with Crippen LogP contribution in [0.15, 0.2) is 24.3 Å². The summed E-state index contributed by atoms with van der Waals surface area (Å²) in [5, 5.41) is 3.41. The minimum Gasteiger partial charge on any atom is -0.494 e. The molecule has 1 atom stereocenters. The molecule has 1 N–H and O–H groups in total. The van der Waals surface area contributed by atoms with Crippen molar-refractivity contribution in [2.24, 2.45) is 5.92 Å². The highest BCUT2D eigenvalue weighted by molar-refractivity contribution is 5.94. The first-order chi connectivity index (χ1) is 10.2. The van der Waals surface area contributed by atoms with E-state index >= 15 is 0 Å². The standard InChI is InChI=1S/C17H26N2O2/c1-3-19(13-14-6-5-11-18-12-14)17(20)15-7-9-16(10-8-15)21-4-2/h7-10,14,18H,3-6,11-13H2,1-2H3. The summed E-state index contributed by atoms with van der Waals surface area (Å²) in [6.45, 7) is 8.36. The van der Waals surface area contributed by atoms with Crippen molar-refractivity contribution in [3.63, 3.8) is 0 Å².